The van der Waals surface area contributed by atoms with E-state index in [2.05, 4.69) is 5.32 Å². The smallest absolute Gasteiger partial charge is 0.376 e. The van der Waals surface area contributed by atoms with Crippen LogP contribution in [0.25, 0.3) is 0 Å². The molecule has 1 aromatic carbocycles. The molecule has 1 amide bonds. The van der Waals surface area contributed by atoms with Gasteiger partial charge in [-0.15, -0.1) is 0 Å². The molecule has 2 heterocycles. The molecule has 1 spiro atoms. The van der Waals surface area contributed by atoms with Gasteiger partial charge in [-0.05, 0) is 30.5 Å². The van der Waals surface area contributed by atoms with Gasteiger partial charge in [0.25, 0.3) is 0 Å². The van der Waals surface area contributed by atoms with E-state index >= 15 is 0 Å². The molecule has 0 fully saturated rings. The number of allylic oxidation sites excluding steroid dienone is 1. The Labute approximate surface area is 172 Å². The summed E-state index contributed by atoms with van der Waals surface area (Å²) in [6.07, 6.45) is 0.595. The highest BCUT2D eigenvalue weighted by molar-refractivity contribution is 6.31. The number of nitrogens with two attached hydrogens (primary N) is 1. The number of benzene rings is 1. The lowest BCUT2D eigenvalue weighted by atomic mass is 9.63. The molecule has 0 radical (unpaired) electrons. The van der Waals surface area contributed by atoms with Gasteiger partial charge in [0, 0.05) is 29.1 Å². The van der Waals surface area contributed by atoms with Crippen molar-refractivity contribution in [3.8, 4) is 0 Å². The first-order valence-electron chi connectivity index (χ1n) is 9.35. The van der Waals surface area contributed by atoms with E-state index in [1.165, 1.54) is 0 Å². The molecule has 1 aromatic rings. The van der Waals surface area contributed by atoms with Crippen molar-refractivity contribution < 1.29 is 23.9 Å². The monoisotopic (exact) mass is 416 g/mol. The molecule has 2 aliphatic heterocycles. The second-order valence-corrected chi connectivity index (χ2v) is 8.63. The summed E-state index contributed by atoms with van der Waals surface area (Å²) in [5.41, 5.74) is 5.25. The van der Waals surface area contributed by atoms with Crippen LogP contribution in [-0.4, -0.2) is 24.3 Å². The van der Waals surface area contributed by atoms with Crippen molar-refractivity contribution in [1.82, 2.24) is 0 Å². The fourth-order valence-corrected chi connectivity index (χ4v) is 4.56. The summed E-state index contributed by atoms with van der Waals surface area (Å²) in [6, 6.07) is 4.87. The van der Waals surface area contributed by atoms with Crippen LogP contribution in [0, 0.1) is 5.41 Å². The highest BCUT2D eigenvalue weighted by Gasteiger charge is 2.61. The topological polar surface area (TPSA) is 108 Å². The van der Waals surface area contributed by atoms with Crippen LogP contribution < -0.4 is 11.1 Å². The second kappa shape index (κ2) is 6.35. The van der Waals surface area contributed by atoms with Crippen LogP contribution in [0.4, 0.5) is 5.69 Å². The quantitative estimate of drug-likeness (QED) is 0.717. The molecule has 4 rings (SSSR count). The van der Waals surface area contributed by atoms with Crippen LogP contribution in [0.15, 0.2) is 41.0 Å². The second-order valence-electron chi connectivity index (χ2n) is 8.20. The Morgan fingerprint density at radius 1 is 1.31 bits per heavy atom. The van der Waals surface area contributed by atoms with Crippen molar-refractivity contribution in [3.63, 3.8) is 0 Å². The van der Waals surface area contributed by atoms with Gasteiger partial charge in [0.05, 0.1) is 17.9 Å². The van der Waals surface area contributed by atoms with Crippen LogP contribution >= 0.6 is 11.6 Å². The van der Waals surface area contributed by atoms with Crippen LogP contribution in [0.1, 0.15) is 39.2 Å². The molecule has 0 saturated heterocycles. The molecule has 8 heteroatoms. The molecule has 0 unspecified atom stereocenters. The third kappa shape index (κ3) is 2.68. The highest BCUT2D eigenvalue weighted by Crippen LogP contribution is 2.55. The number of rotatable bonds is 2. The number of hydrogen-bond donors (Lipinski definition) is 2. The normalized spacial score (nSPS) is 24.8. The zero-order valence-corrected chi connectivity index (χ0v) is 17.1. The van der Waals surface area contributed by atoms with Crippen LogP contribution in [-0.2, 0) is 29.3 Å². The van der Waals surface area contributed by atoms with Gasteiger partial charge < -0.3 is 20.5 Å². The van der Waals surface area contributed by atoms with Crippen LogP contribution in [0.3, 0.4) is 0 Å². The number of Topliss-reactive ketones (excluding diaryl/α,β-unsaturated/α-hetero) is 1. The molecule has 1 atom stereocenters. The van der Waals surface area contributed by atoms with Crippen molar-refractivity contribution in [3.05, 3.63) is 51.6 Å². The Kier molecular flexibility index (Phi) is 4.27. The molecular weight excluding hydrogens is 396 g/mol. The first kappa shape index (κ1) is 19.5. The summed E-state index contributed by atoms with van der Waals surface area (Å²) < 4.78 is 10.9. The first-order valence-corrected chi connectivity index (χ1v) is 9.73. The molecular formula is C21H21ClN2O5. The molecule has 3 aliphatic rings. The highest BCUT2D eigenvalue weighted by atomic mass is 35.5. The maximum Gasteiger partial charge on any atom is 0.376 e. The Hall–Kier alpha value is -2.80. The van der Waals surface area contributed by atoms with Crippen molar-refractivity contribution in [1.29, 1.82) is 0 Å². The number of nitrogens with one attached hydrogen (secondary N) is 1. The van der Waals surface area contributed by atoms with Gasteiger partial charge in [-0.2, -0.15) is 0 Å². The van der Waals surface area contributed by atoms with E-state index in [9.17, 15) is 14.4 Å². The van der Waals surface area contributed by atoms with E-state index in [-0.39, 0.29) is 41.6 Å². The minimum Gasteiger partial charge on any atom is -0.460 e. The zero-order chi connectivity index (χ0) is 21.1. The van der Waals surface area contributed by atoms with E-state index < -0.39 is 22.7 Å². The maximum absolute atomic E-state index is 13.4. The fraction of sp³-hybridized carbons (Fsp3) is 0.381. The SMILES string of the molecule is CCOC(=O)C1=C(N)[C@]2(C(=O)Nc3ccc(Cl)cc32)C2=C(CC(C)(C)CC2=O)O1. The number of esters is 1. The number of ketones is 1. The number of ether oxygens (including phenoxy) is 2. The molecule has 0 bridgehead atoms. The number of halogens is 1. The van der Waals surface area contributed by atoms with Gasteiger partial charge in [-0.3, -0.25) is 9.59 Å². The predicted molar refractivity (Wildman–Crippen MR) is 106 cm³/mol. The Bertz CT molecular complexity index is 1040. The summed E-state index contributed by atoms with van der Waals surface area (Å²) >= 11 is 6.21. The van der Waals surface area contributed by atoms with Gasteiger partial charge in [0.2, 0.25) is 11.7 Å². The number of fused-ring (bicyclic) bond motifs is 3. The summed E-state index contributed by atoms with van der Waals surface area (Å²) in [6.45, 7) is 5.62. The summed E-state index contributed by atoms with van der Waals surface area (Å²) in [5, 5.41) is 3.15. The number of carbonyl (C=O) groups is 3. The predicted octanol–water partition coefficient (Wildman–Crippen LogP) is 2.94. The standard InChI is InChI=1S/C21H21ClN2O5/c1-4-28-18(26)16-17(23)21(11-7-10(22)5-6-12(11)24-19(21)27)15-13(25)8-20(2,3)9-14(15)29-16/h5-7H,4,8-9,23H2,1-3H3,(H,24,27)/t21-/m1/s1. The Balaban J connectivity index is 2.05. The van der Waals surface area contributed by atoms with Gasteiger partial charge in [-0.1, -0.05) is 25.4 Å². The molecule has 29 heavy (non-hydrogen) atoms. The summed E-state index contributed by atoms with van der Waals surface area (Å²) in [7, 11) is 0. The Morgan fingerprint density at radius 3 is 2.72 bits per heavy atom. The minimum atomic E-state index is -1.68. The molecule has 0 aromatic heterocycles. The van der Waals surface area contributed by atoms with Crippen molar-refractivity contribution in [2.24, 2.45) is 11.1 Å². The Morgan fingerprint density at radius 2 is 2.03 bits per heavy atom. The average molecular weight is 417 g/mol. The lowest BCUT2D eigenvalue weighted by molar-refractivity contribution is -0.143. The van der Waals surface area contributed by atoms with E-state index in [1.54, 1.807) is 25.1 Å². The molecule has 0 saturated carbocycles. The first-order chi connectivity index (χ1) is 13.6. The third-order valence-corrected chi connectivity index (χ3v) is 5.76. The van der Waals surface area contributed by atoms with Gasteiger partial charge in [0.15, 0.2) is 11.2 Å². The number of anilines is 1. The van der Waals surface area contributed by atoms with E-state index in [1.807, 2.05) is 13.8 Å². The van der Waals surface area contributed by atoms with Crippen LogP contribution in [0.2, 0.25) is 5.02 Å². The molecule has 1 aliphatic carbocycles. The van der Waals surface area contributed by atoms with E-state index in [0.29, 0.717) is 22.7 Å². The average Bonchev–Trinajstić information content (AvgIpc) is 2.89. The lowest BCUT2D eigenvalue weighted by Crippen LogP contribution is -2.50. The molecule has 152 valence electrons. The summed E-state index contributed by atoms with van der Waals surface area (Å²) in [4.78, 5) is 39.2. The summed E-state index contributed by atoms with van der Waals surface area (Å²) in [5.74, 6) is -1.54. The van der Waals surface area contributed by atoms with E-state index in [4.69, 9.17) is 26.8 Å². The minimum absolute atomic E-state index is 0.108. The van der Waals surface area contributed by atoms with Gasteiger partial charge >= 0.3 is 5.97 Å². The van der Waals surface area contributed by atoms with Gasteiger partial charge in [-0.25, -0.2) is 4.79 Å². The number of amides is 1. The van der Waals surface area contributed by atoms with Gasteiger partial charge in [0.1, 0.15) is 5.76 Å². The van der Waals surface area contributed by atoms with Crippen molar-refractivity contribution in [2.45, 2.75) is 39.0 Å². The third-order valence-electron chi connectivity index (χ3n) is 5.52. The number of carbonyl (C=O) groups excluding carboxylic acids is 3. The van der Waals surface area contributed by atoms with E-state index in [0.717, 1.165) is 0 Å². The zero-order valence-electron chi connectivity index (χ0n) is 16.3. The largest absolute Gasteiger partial charge is 0.460 e. The van der Waals surface area contributed by atoms with Crippen LogP contribution in [0.5, 0.6) is 0 Å². The fourth-order valence-electron chi connectivity index (χ4n) is 4.39. The van der Waals surface area contributed by atoms with Crippen molar-refractivity contribution in [2.75, 3.05) is 11.9 Å². The molecule has 3 N–H and O–H groups in total. The van der Waals surface area contributed by atoms with Crippen molar-refractivity contribution >= 4 is 34.9 Å². The molecule has 7 nitrogen and oxygen atoms in total. The number of hydrogen-bond acceptors (Lipinski definition) is 6. The lowest BCUT2D eigenvalue weighted by Gasteiger charge is -2.41. The maximum atomic E-state index is 13.4.